The molecule has 0 aliphatic carbocycles. The van der Waals surface area contributed by atoms with Crippen molar-refractivity contribution in [2.75, 3.05) is 19.1 Å². The predicted octanol–water partition coefficient (Wildman–Crippen LogP) is 7.08. The average Bonchev–Trinajstić information content (AvgIpc) is 3.23. The Bertz CT molecular complexity index is 1610. The van der Waals surface area contributed by atoms with E-state index in [-0.39, 0.29) is 27.7 Å². The number of aryl methyl sites for hydroxylation is 1. The van der Waals surface area contributed by atoms with Crippen LogP contribution in [-0.4, -0.2) is 31.0 Å². The molecule has 40 heavy (non-hydrogen) atoms. The van der Waals surface area contributed by atoms with Gasteiger partial charge in [-0.05, 0) is 55.0 Å². The predicted molar refractivity (Wildman–Crippen MR) is 153 cm³/mol. The van der Waals surface area contributed by atoms with Crippen LogP contribution in [0, 0.1) is 6.92 Å². The first-order chi connectivity index (χ1) is 19.3. The van der Waals surface area contributed by atoms with E-state index in [4.69, 9.17) is 25.8 Å². The number of rotatable bonds is 7. The van der Waals surface area contributed by atoms with Crippen molar-refractivity contribution in [2.45, 2.75) is 13.0 Å². The standard InChI is InChI=1S/C32H26ClNO6/c1-19-8-7-9-20(16-19)29-28(30(35)24-17-27(39-3)25(33)18-26(24)38-2)31(36)32(37)34(29)21-12-14-23(15-13-21)40-22-10-5-4-6-11-22/h4-18,29,35H,1-3H3/b30-28+. The van der Waals surface area contributed by atoms with E-state index in [0.717, 1.165) is 5.56 Å². The smallest absolute Gasteiger partial charge is 0.300 e. The molecule has 0 spiro atoms. The van der Waals surface area contributed by atoms with Crippen LogP contribution in [0.25, 0.3) is 5.76 Å². The number of halogens is 1. The molecule has 7 nitrogen and oxygen atoms in total. The molecule has 1 atom stereocenters. The lowest BCUT2D eigenvalue weighted by molar-refractivity contribution is -0.132. The third-order valence-electron chi connectivity index (χ3n) is 6.63. The monoisotopic (exact) mass is 555 g/mol. The van der Waals surface area contributed by atoms with Gasteiger partial charge in [0.2, 0.25) is 0 Å². The number of aliphatic hydroxyl groups is 1. The third-order valence-corrected chi connectivity index (χ3v) is 6.92. The zero-order valence-corrected chi connectivity index (χ0v) is 22.8. The molecule has 1 aliphatic heterocycles. The number of hydrogen-bond donors (Lipinski definition) is 1. The summed E-state index contributed by atoms with van der Waals surface area (Å²) >= 11 is 6.26. The maximum absolute atomic E-state index is 13.6. The Morgan fingerprint density at radius 1 is 0.825 bits per heavy atom. The maximum atomic E-state index is 13.6. The molecule has 1 amide bonds. The van der Waals surface area contributed by atoms with Crippen LogP contribution in [0.2, 0.25) is 5.02 Å². The topological polar surface area (TPSA) is 85.3 Å². The van der Waals surface area contributed by atoms with Crippen LogP contribution in [0.3, 0.4) is 0 Å². The summed E-state index contributed by atoms with van der Waals surface area (Å²) in [5, 5.41) is 11.9. The van der Waals surface area contributed by atoms with Crippen molar-refractivity contribution in [3.63, 3.8) is 0 Å². The summed E-state index contributed by atoms with van der Waals surface area (Å²) in [5.41, 5.74) is 2.15. The maximum Gasteiger partial charge on any atom is 0.300 e. The van der Waals surface area contributed by atoms with E-state index in [2.05, 4.69) is 0 Å². The summed E-state index contributed by atoms with van der Waals surface area (Å²) in [4.78, 5) is 28.5. The molecule has 1 saturated heterocycles. The van der Waals surface area contributed by atoms with Crippen molar-refractivity contribution in [3.8, 4) is 23.0 Å². The number of methoxy groups -OCH3 is 2. The van der Waals surface area contributed by atoms with Crippen LogP contribution >= 0.6 is 11.6 Å². The zero-order chi connectivity index (χ0) is 28.4. The van der Waals surface area contributed by atoms with Crippen molar-refractivity contribution >= 4 is 34.7 Å². The molecular weight excluding hydrogens is 530 g/mol. The van der Waals surface area contributed by atoms with Crippen LogP contribution in [-0.2, 0) is 9.59 Å². The highest BCUT2D eigenvalue weighted by Crippen LogP contribution is 2.45. The fraction of sp³-hybridized carbons (Fsp3) is 0.125. The van der Waals surface area contributed by atoms with Crippen molar-refractivity contribution in [2.24, 2.45) is 0 Å². The Balaban J connectivity index is 1.64. The summed E-state index contributed by atoms with van der Waals surface area (Å²) < 4.78 is 16.7. The molecule has 202 valence electrons. The van der Waals surface area contributed by atoms with Crippen molar-refractivity contribution in [1.29, 1.82) is 0 Å². The van der Waals surface area contributed by atoms with Gasteiger partial charge < -0.3 is 19.3 Å². The number of carbonyl (C=O) groups is 2. The Morgan fingerprint density at radius 3 is 2.15 bits per heavy atom. The number of Topliss-reactive ketones (excluding diaryl/α,β-unsaturated/α-hetero) is 1. The van der Waals surface area contributed by atoms with E-state index in [1.165, 1.54) is 31.3 Å². The van der Waals surface area contributed by atoms with Crippen molar-refractivity contribution in [3.05, 3.63) is 118 Å². The van der Waals surface area contributed by atoms with Gasteiger partial charge in [0.15, 0.2) is 0 Å². The lowest BCUT2D eigenvalue weighted by Crippen LogP contribution is -2.29. The highest BCUT2D eigenvalue weighted by molar-refractivity contribution is 6.51. The van der Waals surface area contributed by atoms with Crippen molar-refractivity contribution < 1.29 is 28.9 Å². The van der Waals surface area contributed by atoms with E-state index in [1.807, 2.05) is 61.5 Å². The Kier molecular flexibility index (Phi) is 7.49. The van der Waals surface area contributed by atoms with E-state index in [9.17, 15) is 14.7 Å². The first-order valence-electron chi connectivity index (χ1n) is 12.4. The number of ketones is 1. The number of para-hydroxylation sites is 1. The third kappa shape index (κ3) is 4.99. The number of nitrogens with zero attached hydrogens (tertiary/aromatic N) is 1. The molecule has 1 unspecified atom stereocenters. The van der Waals surface area contributed by atoms with Gasteiger partial charge in [0.05, 0.1) is 36.4 Å². The molecule has 1 fully saturated rings. The van der Waals surface area contributed by atoms with Crippen LogP contribution in [0.1, 0.15) is 22.7 Å². The Hall–Kier alpha value is -4.75. The summed E-state index contributed by atoms with van der Waals surface area (Å²) in [7, 11) is 2.86. The highest BCUT2D eigenvalue weighted by atomic mass is 35.5. The number of hydrogen-bond acceptors (Lipinski definition) is 6. The number of benzene rings is 4. The molecular formula is C32H26ClNO6. The number of carbonyl (C=O) groups excluding carboxylic acids is 2. The van der Waals surface area contributed by atoms with E-state index < -0.39 is 23.5 Å². The van der Waals surface area contributed by atoms with E-state index in [0.29, 0.717) is 22.7 Å². The van der Waals surface area contributed by atoms with E-state index >= 15 is 0 Å². The van der Waals surface area contributed by atoms with Crippen LogP contribution in [0.5, 0.6) is 23.0 Å². The van der Waals surface area contributed by atoms with Gasteiger partial charge in [-0.3, -0.25) is 14.5 Å². The molecule has 4 aromatic carbocycles. The average molecular weight is 556 g/mol. The molecule has 1 aliphatic rings. The summed E-state index contributed by atoms with van der Waals surface area (Å²) in [6.07, 6.45) is 0. The molecule has 8 heteroatoms. The second kappa shape index (κ2) is 11.2. The largest absolute Gasteiger partial charge is 0.507 e. The van der Waals surface area contributed by atoms with Gasteiger partial charge in [-0.1, -0.05) is 59.6 Å². The van der Waals surface area contributed by atoms with Gasteiger partial charge in [0, 0.05) is 11.8 Å². The fourth-order valence-corrected chi connectivity index (χ4v) is 4.98. The second-order valence-corrected chi connectivity index (χ2v) is 9.59. The molecule has 0 aromatic heterocycles. The minimum atomic E-state index is -0.910. The lowest BCUT2D eigenvalue weighted by atomic mass is 9.94. The minimum absolute atomic E-state index is 0.0807. The number of anilines is 1. The van der Waals surface area contributed by atoms with Crippen LogP contribution in [0.15, 0.2) is 96.6 Å². The Labute approximate surface area is 236 Å². The zero-order valence-electron chi connectivity index (χ0n) is 22.1. The minimum Gasteiger partial charge on any atom is -0.507 e. The fourth-order valence-electron chi connectivity index (χ4n) is 4.74. The normalized spacial score (nSPS) is 16.2. The highest BCUT2D eigenvalue weighted by Gasteiger charge is 2.47. The van der Waals surface area contributed by atoms with Crippen LogP contribution in [0.4, 0.5) is 5.69 Å². The number of amides is 1. The van der Waals surface area contributed by atoms with Gasteiger partial charge in [-0.15, -0.1) is 0 Å². The SMILES string of the molecule is COc1cc(/C(O)=C2\C(=O)C(=O)N(c3ccc(Oc4ccccc4)cc3)C2c2cccc(C)c2)c(OC)cc1Cl. The lowest BCUT2D eigenvalue weighted by Gasteiger charge is -2.26. The molecule has 1 N–H and O–H groups in total. The van der Waals surface area contributed by atoms with E-state index in [1.54, 1.807) is 24.3 Å². The van der Waals surface area contributed by atoms with Gasteiger partial charge >= 0.3 is 0 Å². The van der Waals surface area contributed by atoms with Gasteiger partial charge in [-0.25, -0.2) is 0 Å². The van der Waals surface area contributed by atoms with Gasteiger partial charge in [0.25, 0.3) is 11.7 Å². The number of ether oxygens (including phenoxy) is 3. The molecule has 4 aromatic rings. The first kappa shape index (κ1) is 26.8. The molecule has 0 radical (unpaired) electrons. The first-order valence-corrected chi connectivity index (χ1v) is 12.8. The summed E-state index contributed by atoms with van der Waals surface area (Å²) in [5.74, 6) is -0.267. The van der Waals surface area contributed by atoms with Gasteiger partial charge in [-0.2, -0.15) is 0 Å². The molecule has 5 rings (SSSR count). The Morgan fingerprint density at radius 2 is 1.50 bits per heavy atom. The van der Waals surface area contributed by atoms with Crippen LogP contribution < -0.4 is 19.1 Å². The second-order valence-electron chi connectivity index (χ2n) is 9.18. The molecule has 0 saturated carbocycles. The number of aliphatic hydroxyl groups excluding tert-OH is 1. The van der Waals surface area contributed by atoms with Gasteiger partial charge in [0.1, 0.15) is 28.8 Å². The van der Waals surface area contributed by atoms with Crippen molar-refractivity contribution in [1.82, 2.24) is 0 Å². The summed E-state index contributed by atoms with van der Waals surface area (Å²) in [6.45, 7) is 1.92. The molecule has 0 bridgehead atoms. The summed E-state index contributed by atoms with van der Waals surface area (Å²) in [6, 6.07) is 25.7. The quantitative estimate of drug-likeness (QED) is 0.149. The molecule has 1 heterocycles.